The molecule has 0 aliphatic heterocycles. The molecule has 0 rings (SSSR count). The fraction of sp³-hybridized carbons (Fsp3) is 0.667. The van der Waals surface area contributed by atoms with Gasteiger partial charge in [-0.1, -0.05) is 0 Å². The minimum atomic E-state index is -1.19. The molecular weight excluding hydrogens is 164 g/mol. The summed E-state index contributed by atoms with van der Waals surface area (Å²) in [6, 6.07) is 0. The van der Waals surface area contributed by atoms with E-state index in [1.807, 2.05) is 0 Å². The number of hydrogen-bond donors (Lipinski definition) is 3. The third-order valence-corrected chi connectivity index (χ3v) is 1.22. The standard InChI is InChI=1S/C6H12N2O4/c1-8-5(9)2-4(6(10)11)12-3-7/h4H,2-3,7H2,1H3,(H,8,9)(H,10,11). The minimum Gasteiger partial charge on any atom is -0.479 e. The smallest absolute Gasteiger partial charge is 0.333 e. The molecule has 1 atom stereocenters. The Labute approximate surface area is 69.7 Å². The summed E-state index contributed by atoms with van der Waals surface area (Å²) in [7, 11) is 1.42. The highest BCUT2D eigenvalue weighted by atomic mass is 16.5. The van der Waals surface area contributed by atoms with Crippen LogP contribution in [-0.4, -0.2) is 36.9 Å². The zero-order valence-electron chi connectivity index (χ0n) is 6.74. The summed E-state index contributed by atoms with van der Waals surface area (Å²) in [5.41, 5.74) is 4.97. The van der Waals surface area contributed by atoms with Crippen LogP contribution in [0.3, 0.4) is 0 Å². The fourth-order valence-corrected chi connectivity index (χ4v) is 0.604. The van der Waals surface area contributed by atoms with Crippen LogP contribution in [0.25, 0.3) is 0 Å². The van der Waals surface area contributed by atoms with Crippen LogP contribution >= 0.6 is 0 Å². The number of ether oxygens (including phenoxy) is 1. The second-order valence-corrected chi connectivity index (χ2v) is 2.04. The fourth-order valence-electron chi connectivity index (χ4n) is 0.604. The molecule has 0 saturated heterocycles. The van der Waals surface area contributed by atoms with Gasteiger partial charge in [-0.15, -0.1) is 0 Å². The molecule has 0 saturated carbocycles. The van der Waals surface area contributed by atoms with E-state index in [-0.39, 0.29) is 13.2 Å². The lowest BCUT2D eigenvalue weighted by Crippen LogP contribution is -2.32. The topological polar surface area (TPSA) is 102 Å². The summed E-state index contributed by atoms with van der Waals surface area (Å²) in [5, 5.41) is 10.8. The molecule has 1 unspecified atom stereocenters. The highest BCUT2D eigenvalue weighted by molar-refractivity contribution is 5.83. The van der Waals surface area contributed by atoms with Gasteiger partial charge in [-0.2, -0.15) is 0 Å². The van der Waals surface area contributed by atoms with Crippen LogP contribution in [0.5, 0.6) is 0 Å². The van der Waals surface area contributed by atoms with Crippen molar-refractivity contribution < 1.29 is 19.4 Å². The van der Waals surface area contributed by atoms with Crippen molar-refractivity contribution >= 4 is 11.9 Å². The molecule has 0 heterocycles. The van der Waals surface area contributed by atoms with Crippen LogP contribution < -0.4 is 11.1 Å². The number of amides is 1. The molecule has 6 nitrogen and oxygen atoms in total. The largest absolute Gasteiger partial charge is 0.479 e. The van der Waals surface area contributed by atoms with Gasteiger partial charge in [0.1, 0.15) is 0 Å². The van der Waals surface area contributed by atoms with Crippen molar-refractivity contribution in [3.05, 3.63) is 0 Å². The van der Waals surface area contributed by atoms with Crippen molar-refractivity contribution in [2.75, 3.05) is 13.8 Å². The molecule has 0 aromatic heterocycles. The molecule has 1 amide bonds. The van der Waals surface area contributed by atoms with Crippen LogP contribution in [-0.2, 0) is 14.3 Å². The summed E-state index contributed by atoms with van der Waals surface area (Å²) in [6.45, 7) is -0.214. The Morgan fingerprint density at radius 3 is 2.58 bits per heavy atom. The number of rotatable bonds is 5. The molecule has 0 radical (unpaired) electrons. The van der Waals surface area contributed by atoms with Crippen molar-refractivity contribution in [1.29, 1.82) is 0 Å². The van der Waals surface area contributed by atoms with E-state index in [1.165, 1.54) is 7.05 Å². The minimum absolute atomic E-state index is 0.214. The van der Waals surface area contributed by atoms with E-state index in [2.05, 4.69) is 10.1 Å². The van der Waals surface area contributed by atoms with E-state index in [0.717, 1.165) is 0 Å². The molecule has 0 aliphatic carbocycles. The molecule has 0 aromatic carbocycles. The van der Waals surface area contributed by atoms with Crippen LogP contribution in [0.4, 0.5) is 0 Å². The maximum atomic E-state index is 10.7. The number of nitrogens with two attached hydrogens (primary N) is 1. The molecule has 4 N–H and O–H groups in total. The highest BCUT2D eigenvalue weighted by Gasteiger charge is 2.20. The molecular formula is C6H12N2O4. The average Bonchev–Trinajstić information content (AvgIpc) is 2.03. The van der Waals surface area contributed by atoms with Crippen molar-refractivity contribution in [2.45, 2.75) is 12.5 Å². The van der Waals surface area contributed by atoms with Gasteiger partial charge in [-0.05, 0) is 0 Å². The maximum absolute atomic E-state index is 10.7. The monoisotopic (exact) mass is 176 g/mol. The first-order valence-corrected chi connectivity index (χ1v) is 3.36. The molecule has 0 fully saturated rings. The van der Waals surface area contributed by atoms with Gasteiger partial charge >= 0.3 is 5.97 Å². The molecule has 70 valence electrons. The van der Waals surface area contributed by atoms with Gasteiger partial charge in [0, 0.05) is 7.05 Å². The van der Waals surface area contributed by atoms with E-state index >= 15 is 0 Å². The Morgan fingerprint density at radius 1 is 1.67 bits per heavy atom. The van der Waals surface area contributed by atoms with E-state index in [9.17, 15) is 9.59 Å². The van der Waals surface area contributed by atoms with Crippen molar-refractivity contribution in [3.63, 3.8) is 0 Å². The lowest BCUT2D eigenvalue weighted by atomic mass is 10.2. The first-order valence-electron chi connectivity index (χ1n) is 3.36. The first kappa shape index (κ1) is 10.9. The average molecular weight is 176 g/mol. The van der Waals surface area contributed by atoms with E-state index < -0.39 is 18.0 Å². The van der Waals surface area contributed by atoms with Crippen molar-refractivity contribution in [1.82, 2.24) is 5.32 Å². The van der Waals surface area contributed by atoms with Gasteiger partial charge in [0.05, 0.1) is 13.2 Å². The lowest BCUT2D eigenvalue weighted by molar-refractivity contribution is -0.153. The highest BCUT2D eigenvalue weighted by Crippen LogP contribution is 1.97. The Kier molecular flexibility index (Phi) is 4.98. The number of hydrogen-bond acceptors (Lipinski definition) is 4. The molecule has 0 aromatic rings. The summed E-state index contributed by atoms with van der Waals surface area (Å²) >= 11 is 0. The third-order valence-electron chi connectivity index (χ3n) is 1.22. The van der Waals surface area contributed by atoms with E-state index in [1.54, 1.807) is 0 Å². The number of carbonyl (C=O) groups excluding carboxylic acids is 1. The second-order valence-electron chi connectivity index (χ2n) is 2.04. The van der Waals surface area contributed by atoms with Gasteiger partial charge in [0.25, 0.3) is 0 Å². The van der Waals surface area contributed by atoms with Crippen molar-refractivity contribution in [2.24, 2.45) is 5.73 Å². The van der Waals surface area contributed by atoms with Gasteiger partial charge < -0.3 is 20.9 Å². The summed E-state index contributed by atoms with van der Waals surface area (Å²) in [6.07, 6.45) is -1.38. The summed E-state index contributed by atoms with van der Waals surface area (Å²) < 4.78 is 4.59. The summed E-state index contributed by atoms with van der Waals surface area (Å²) in [4.78, 5) is 21.1. The van der Waals surface area contributed by atoms with Gasteiger partial charge in [0.2, 0.25) is 5.91 Å². The normalized spacial score (nSPS) is 12.2. The van der Waals surface area contributed by atoms with Crippen LogP contribution in [0.2, 0.25) is 0 Å². The van der Waals surface area contributed by atoms with Gasteiger partial charge in [-0.25, -0.2) is 4.79 Å². The third kappa shape index (κ3) is 3.89. The number of carboxylic acid groups (broad SMARTS) is 1. The van der Waals surface area contributed by atoms with Crippen LogP contribution in [0.1, 0.15) is 6.42 Å². The van der Waals surface area contributed by atoms with Crippen LogP contribution in [0, 0.1) is 0 Å². The lowest BCUT2D eigenvalue weighted by Gasteiger charge is -2.10. The number of carboxylic acids is 1. The Hall–Kier alpha value is -1.14. The zero-order chi connectivity index (χ0) is 9.56. The number of aliphatic carboxylic acids is 1. The molecule has 0 aliphatic rings. The quantitative estimate of drug-likeness (QED) is 0.443. The molecule has 0 spiro atoms. The number of carbonyl (C=O) groups is 2. The molecule has 12 heavy (non-hydrogen) atoms. The van der Waals surface area contributed by atoms with Crippen LogP contribution in [0.15, 0.2) is 0 Å². The van der Waals surface area contributed by atoms with E-state index in [0.29, 0.717) is 0 Å². The Morgan fingerprint density at radius 2 is 2.25 bits per heavy atom. The van der Waals surface area contributed by atoms with E-state index in [4.69, 9.17) is 10.8 Å². The maximum Gasteiger partial charge on any atom is 0.333 e. The first-order chi connectivity index (χ1) is 5.61. The molecule has 0 bridgehead atoms. The summed E-state index contributed by atoms with van der Waals surface area (Å²) in [5.74, 6) is -1.58. The Bertz CT molecular complexity index is 169. The second kappa shape index (κ2) is 5.50. The molecule has 6 heteroatoms. The predicted molar refractivity (Wildman–Crippen MR) is 40.2 cm³/mol. The van der Waals surface area contributed by atoms with Gasteiger partial charge in [0.15, 0.2) is 6.10 Å². The SMILES string of the molecule is CNC(=O)CC(OCN)C(=O)O. The Balaban J connectivity index is 3.95. The number of nitrogens with one attached hydrogen (secondary N) is 1. The van der Waals surface area contributed by atoms with Crippen molar-refractivity contribution in [3.8, 4) is 0 Å². The van der Waals surface area contributed by atoms with Gasteiger partial charge in [-0.3, -0.25) is 4.79 Å². The predicted octanol–water partition coefficient (Wildman–Crippen LogP) is -1.49. The zero-order valence-corrected chi connectivity index (χ0v) is 6.74.